The van der Waals surface area contributed by atoms with Crippen LogP contribution in [0.15, 0.2) is 18.2 Å². The third-order valence-corrected chi connectivity index (χ3v) is 7.22. The second-order valence-corrected chi connectivity index (χ2v) is 8.60. The number of nitrogens with zero attached hydrogens (tertiary/aromatic N) is 2. The van der Waals surface area contributed by atoms with Crippen molar-refractivity contribution in [2.75, 3.05) is 26.7 Å². The smallest absolute Gasteiger partial charge is 0.228 e. The Morgan fingerprint density at radius 1 is 1.24 bits per heavy atom. The van der Waals surface area contributed by atoms with Crippen molar-refractivity contribution in [3.8, 4) is 5.75 Å². The first-order valence-corrected chi connectivity index (χ1v) is 9.74. The summed E-state index contributed by atoms with van der Waals surface area (Å²) in [6, 6.07) is 6.02. The van der Waals surface area contributed by atoms with Crippen LogP contribution in [0.5, 0.6) is 5.75 Å². The van der Waals surface area contributed by atoms with Crippen LogP contribution in [0, 0.1) is 11.8 Å². The number of hydrogen-bond donors (Lipinski definition) is 1. The van der Waals surface area contributed by atoms with Gasteiger partial charge in [-0.25, -0.2) is 0 Å². The molecule has 2 heterocycles. The number of likely N-dealkylation sites (N-methyl/N-ethyl adjacent to an activating group) is 1. The van der Waals surface area contributed by atoms with Gasteiger partial charge in [-0.15, -0.1) is 0 Å². The van der Waals surface area contributed by atoms with E-state index in [2.05, 4.69) is 36.8 Å². The Morgan fingerprint density at radius 2 is 1.96 bits per heavy atom. The highest BCUT2D eigenvalue weighted by Crippen LogP contribution is 2.52. The lowest BCUT2D eigenvalue weighted by atomic mass is 9.54. The molecule has 3 aliphatic rings. The number of aromatic hydroxyl groups is 1. The van der Waals surface area contributed by atoms with E-state index in [4.69, 9.17) is 0 Å². The Labute approximate surface area is 150 Å². The van der Waals surface area contributed by atoms with Gasteiger partial charge in [0.2, 0.25) is 5.91 Å². The Balaban J connectivity index is 1.81. The summed E-state index contributed by atoms with van der Waals surface area (Å²) < 4.78 is 0. The van der Waals surface area contributed by atoms with E-state index in [-0.39, 0.29) is 17.4 Å². The lowest BCUT2D eigenvalue weighted by Crippen LogP contribution is -2.66. The number of rotatable bonds is 1. The maximum atomic E-state index is 13.6. The molecule has 0 radical (unpaired) electrons. The van der Waals surface area contributed by atoms with Crippen molar-refractivity contribution >= 4 is 5.91 Å². The molecule has 2 aliphatic heterocycles. The summed E-state index contributed by atoms with van der Waals surface area (Å²) in [5.74, 6) is 0.996. The Kier molecular flexibility index (Phi) is 4.06. The number of amides is 1. The summed E-state index contributed by atoms with van der Waals surface area (Å²) >= 11 is 0. The third-order valence-electron chi connectivity index (χ3n) is 7.22. The monoisotopic (exact) mass is 342 g/mol. The van der Waals surface area contributed by atoms with Crippen LogP contribution in [-0.4, -0.2) is 53.5 Å². The van der Waals surface area contributed by atoms with E-state index in [1.807, 2.05) is 6.07 Å². The molecule has 4 heteroatoms. The molecule has 4 rings (SSSR count). The van der Waals surface area contributed by atoms with Crippen LogP contribution in [-0.2, 0) is 16.6 Å². The van der Waals surface area contributed by atoms with Gasteiger partial charge in [-0.3, -0.25) is 4.79 Å². The van der Waals surface area contributed by atoms with Crippen LogP contribution >= 0.6 is 0 Å². The molecule has 25 heavy (non-hydrogen) atoms. The standard InChI is InChI=1S/C21H30N2O2/c1-14-13-22(3)18-11-15-7-8-16(24)12-17(15)21(14,2)19(18)20(25)23-9-5-4-6-10-23/h7-8,12,14,18-19,24H,4-6,9-11,13H2,1-3H3. The molecule has 1 N–H and O–H groups in total. The number of likely N-dealkylation sites (tertiary alicyclic amines) is 2. The summed E-state index contributed by atoms with van der Waals surface area (Å²) in [5, 5.41) is 10.1. The zero-order valence-corrected chi connectivity index (χ0v) is 15.7. The van der Waals surface area contributed by atoms with Crippen molar-refractivity contribution in [3.63, 3.8) is 0 Å². The number of hydrogen-bond acceptors (Lipinski definition) is 3. The van der Waals surface area contributed by atoms with Crippen LogP contribution in [0.3, 0.4) is 0 Å². The van der Waals surface area contributed by atoms with Gasteiger partial charge in [-0.1, -0.05) is 19.9 Å². The minimum atomic E-state index is -0.210. The zero-order chi connectivity index (χ0) is 17.8. The minimum absolute atomic E-state index is 0.0198. The van der Waals surface area contributed by atoms with Gasteiger partial charge in [0.1, 0.15) is 5.75 Å². The summed E-state index contributed by atoms with van der Waals surface area (Å²) in [5.41, 5.74) is 2.28. The predicted octanol–water partition coefficient (Wildman–Crippen LogP) is 2.78. The number of phenols is 1. The predicted molar refractivity (Wildman–Crippen MR) is 98.7 cm³/mol. The lowest BCUT2D eigenvalue weighted by molar-refractivity contribution is -0.147. The van der Waals surface area contributed by atoms with Crippen LogP contribution in [0.25, 0.3) is 0 Å². The summed E-state index contributed by atoms with van der Waals surface area (Å²) in [4.78, 5) is 18.1. The first kappa shape index (κ1) is 16.9. The second-order valence-electron chi connectivity index (χ2n) is 8.60. The van der Waals surface area contributed by atoms with Gasteiger partial charge in [-0.2, -0.15) is 0 Å². The van der Waals surface area contributed by atoms with E-state index in [0.717, 1.165) is 38.9 Å². The van der Waals surface area contributed by atoms with Crippen molar-refractivity contribution < 1.29 is 9.90 Å². The van der Waals surface area contributed by atoms with Gasteiger partial charge in [-0.05, 0) is 61.9 Å². The van der Waals surface area contributed by atoms with Crippen molar-refractivity contribution in [2.24, 2.45) is 11.8 Å². The molecule has 4 nitrogen and oxygen atoms in total. The fourth-order valence-corrected chi connectivity index (χ4v) is 5.63. The van der Waals surface area contributed by atoms with Gasteiger partial charge in [0.25, 0.3) is 0 Å². The van der Waals surface area contributed by atoms with E-state index in [0.29, 0.717) is 17.6 Å². The van der Waals surface area contributed by atoms with E-state index in [1.165, 1.54) is 17.5 Å². The van der Waals surface area contributed by atoms with Gasteiger partial charge in [0, 0.05) is 31.1 Å². The molecule has 1 aromatic rings. The van der Waals surface area contributed by atoms with Crippen LogP contribution in [0.2, 0.25) is 0 Å². The van der Waals surface area contributed by atoms with Gasteiger partial charge in [0.15, 0.2) is 0 Å². The number of piperidine rings is 2. The topological polar surface area (TPSA) is 43.8 Å². The molecule has 1 amide bonds. The molecular formula is C21H30N2O2. The molecule has 2 fully saturated rings. The second kappa shape index (κ2) is 6.01. The number of carbonyl (C=O) groups is 1. The average Bonchev–Trinajstić information content (AvgIpc) is 2.61. The number of phenolic OH excluding ortho intramolecular Hbond substituents is 1. The fourth-order valence-electron chi connectivity index (χ4n) is 5.63. The molecule has 1 aromatic carbocycles. The van der Waals surface area contributed by atoms with Crippen molar-refractivity contribution in [2.45, 2.75) is 51.0 Å². The number of benzene rings is 1. The molecule has 2 saturated heterocycles. The van der Waals surface area contributed by atoms with E-state index in [9.17, 15) is 9.90 Å². The van der Waals surface area contributed by atoms with Gasteiger partial charge in [0.05, 0.1) is 5.92 Å². The summed E-state index contributed by atoms with van der Waals surface area (Å²) in [6.07, 6.45) is 4.39. The molecule has 0 saturated carbocycles. The highest BCUT2D eigenvalue weighted by Gasteiger charge is 2.57. The fraction of sp³-hybridized carbons (Fsp3) is 0.667. The first-order valence-electron chi connectivity index (χ1n) is 9.74. The van der Waals surface area contributed by atoms with E-state index >= 15 is 0 Å². The quantitative estimate of drug-likeness (QED) is 0.853. The van der Waals surface area contributed by atoms with E-state index in [1.54, 1.807) is 6.07 Å². The van der Waals surface area contributed by atoms with Gasteiger partial charge >= 0.3 is 0 Å². The summed E-state index contributed by atoms with van der Waals surface area (Å²) in [6.45, 7) is 7.34. The average molecular weight is 342 g/mol. The first-order chi connectivity index (χ1) is 11.9. The van der Waals surface area contributed by atoms with Crippen LogP contribution in [0.1, 0.15) is 44.2 Å². The molecule has 4 unspecified atom stereocenters. The van der Waals surface area contributed by atoms with Crippen LogP contribution < -0.4 is 0 Å². The normalized spacial score (nSPS) is 35.3. The van der Waals surface area contributed by atoms with E-state index < -0.39 is 0 Å². The maximum absolute atomic E-state index is 13.6. The lowest BCUT2D eigenvalue weighted by Gasteiger charge is -2.58. The Hall–Kier alpha value is -1.55. The molecule has 4 atom stereocenters. The van der Waals surface area contributed by atoms with Crippen LogP contribution in [0.4, 0.5) is 0 Å². The Morgan fingerprint density at radius 3 is 2.68 bits per heavy atom. The minimum Gasteiger partial charge on any atom is -0.508 e. The molecule has 136 valence electrons. The summed E-state index contributed by atoms with van der Waals surface area (Å²) in [7, 11) is 2.17. The highest BCUT2D eigenvalue weighted by atomic mass is 16.3. The zero-order valence-electron chi connectivity index (χ0n) is 15.7. The highest BCUT2D eigenvalue weighted by molar-refractivity contribution is 5.82. The largest absolute Gasteiger partial charge is 0.508 e. The molecule has 1 aliphatic carbocycles. The third kappa shape index (κ3) is 2.49. The van der Waals surface area contributed by atoms with Crippen molar-refractivity contribution in [1.82, 2.24) is 9.80 Å². The van der Waals surface area contributed by atoms with Crippen molar-refractivity contribution in [3.05, 3.63) is 29.3 Å². The van der Waals surface area contributed by atoms with Gasteiger partial charge < -0.3 is 14.9 Å². The molecular weight excluding hydrogens is 312 g/mol. The number of carbonyl (C=O) groups excluding carboxylic acids is 1. The molecule has 0 spiro atoms. The number of fused-ring (bicyclic) bond motifs is 4. The SMILES string of the molecule is CC1CN(C)C2Cc3ccc(O)cc3C1(C)C2C(=O)N1CCCCC1. The van der Waals surface area contributed by atoms with Crippen molar-refractivity contribution in [1.29, 1.82) is 0 Å². The molecule has 2 bridgehead atoms. The molecule has 0 aromatic heterocycles. The Bertz CT molecular complexity index is 682. The maximum Gasteiger partial charge on any atom is 0.228 e.